The molecule has 0 aliphatic rings. The van der Waals surface area contributed by atoms with Gasteiger partial charge in [0.25, 0.3) is 0 Å². The molecule has 0 spiro atoms. The van der Waals surface area contributed by atoms with Gasteiger partial charge in [-0.05, 0) is 12.8 Å². The van der Waals surface area contributed by atoms with Crippen molar-refractivity contribution in [1.82, 2.24) is 0 Å². The summed E-state index contributed by atoms with van der Waals surface area (Å²) in [6.45, 7) is 2.22. The van der Waals surface area contributed by atoms with Crippen LogP contribution in [0.5, 0.6) is 0 Å². The first kappa shape index (κ1) is 10.9. The number of hydrogen-bond acceptors (Lipinski definition) is 2. The maximum Gasteiger partial charge on any atom is 0.105 e. The minimum atomic E-state index is -0.0448. The first-order chi connectivity index (χ1) is 5.31. The molecule has 0 saturated carbocycles. The Morgan fingerprint density at radius 1 is 1.18 bits per heavy atom. The van der Waals surface area contributed by atoms with Crippen molar-refractivity contribution in [2.75, 3.05) is 7.11 Å². The van der Waals surface area contributed by atoms with Crippen LogP contribution in [0.25, 0.3) is 0 Å². The van der Waals surface area contributed by atoms with Crippen LogP contribution in [0, 0.1) is 0 Å². The van der Waals surface area contributed by atoms with Crippen LogP contribution < -0.4 is 5.73 Å². The summed E-state index contributed by atoms with van der Waals surface area (Å²) in [5.41, 5.74) is 5.57. The molecule has 0 aromatic heterocycles. The van der Waals surface area contributed by atoms with Crippen LogP contribution in [-0.4, -0.2) is 13.3 Å². The summed E-state index contributed by atoms with van der Waals surface area (Å²) in [4.78, 5) is 0. The molecule has 0 aliphatic carbocycles. The summed E-state index contributed by atoms with van der Waals surface area (Å²) < 4.78 is 4.93. The summed E-state index contributed by atoms with van der Waals surface area (Å²) in [6.07, 6.45) is 7.45. The standard InChI is InChI=1S/C9H21NO/c1-3-4-5-6-7-8-9(10)11-2/h9H,3-8,10H2,1-2H3/t9-/m0/s1. The molecular weight excluding hydrogens is 138 g/mol. The van der Waals surface area contributed by atoms with E-state index in [-0.39, 0.29) is 6.23 Å². The fraction of sp³-hybridized carbons (Fsp3) is 1.00. The van der Waals surface area contributed by atoms with Gasteiger partial charge in [-0.15, -0.1) is 0 Å². The average Bonchev–Trinajstić information content (AvgIpc) is 2.04. The summed E-state index contributed by atoms with van der Waals surface area (Å²) in [6, 6.07) is 0. The van der Waals surface area contributed by atoms with E-state index < -0.39 is 0 Å². The van der Waals surface area contributed by atoms with Crippen molar-refractivity contribution in [3.05, 3.63) is 0 Å². The van der Waals surface area contributed by atoms with Crippen LogP contribution in [0.4, 0.5) is 0 Å². The highest BCUT2D eigenvalue weighted by Crippen LogP contribution is 2.06. The molecule has 0 bridgehead atoms. The minimum absolute atomic E-state index is 0.0448. The molecule has 0 heterocycles. The van der Waals surface area contributed by atoms with E-state index in [0.29, 0.717) is 0 Å². The molecule has 0 rings (SSSR count). The topological polar surface area (TPSA) is 35.2 Å². The van der Waals surface area contributed by atoms with E-state index in [1.807, 2.05) is 0 Å². The molecule has 0 fully saturated rings. The smallest absolute Gasteiger partial charge is 0.105 e. The van der Waals surface area contributed by atoms with E-state index in [1.165, 1.54) is 32.1 Å². The summed E-state index contributed by atoms with van der Waals surface area (Å²) in [5, 5.41) is 0. The van der Waals surface area contributed by atoms with Crippen molar-refractivity contribution in [2.45, 2.75) is 51.7 Å². The fourth-order valence-electron chi connectivity index (χ4n) is 1.07. The molecule has 2 N–H and O–H groups in total. The normalized spacial score (nSPS) is 13.4. The van der Waals surface area contributed by atoms with Gasteiger partial charge in [0.1, 0.15) is 6.23 Å². The Balaban J connectivity index is 2.89. The lowest BCUT2D eigenvalue weighted by Crippen LogP contribution is -2.21. The quantitative estimate of drug-likeness (QED) is 0.457. The largest absolute Gasteiger partial charge is 0.367 e. The second-order valence-electron chi connectivity index (χ2n) is 2.98. The Morgan fingerprint density at radius 2 is 1.82 bits per heavy atom. The number of methoxy groups -OCH3 is 1. The molecule has 0 aliphatic heterocycles. The number of unbranched alkanes of at least 4 members (excludes halogenated alkanes) is 4. The molecule has 2 heteroatoms. The first-order valence-electron chi connectivity index (χ1n) is 4.59. The van der Waals surface area contributed by atoms with Gasteiger partial charge < -0.3 is 10.5 Å². The van der Waals surface area contributed by atoms with Crippen LogP contribution in [0.2, 0.25) is 0 Å². The van der Waals surface area contributed by atoms with Gasteiger partial charge in [-0.3, -0.25) is 0 Å². The van der Waals surface area contributed by atoms with E-state index in [1.54, 1.807) is 7.11 Å². The third-order valence-corrected chi connectivity index (χ3v) is 1.89. The van der Waals surface area contributed by atoms with E-state index >= 15 is 0 Å². The van der Waals surface area contributed by atoms with Crippen LogP contribution in [0.1, 0.15) is 45.4 Å². The molecular formula is C9H21NO. The van der Waals surface area contributed by atoms with E-state index in [9.17, 15) is 0 Å². The fourth-order valence-corrected chi connectivity index (χ4v) is 1.07. The molecule has 0 radical (unpaired) electrons. The zero-order valence-corrected chi connectivity index (χ0v) is 7.81. The van der Waals surface area contributed by atoms with Gasteiger partial charge in [0, 0.05) is 7.11 Å². The van der Waals surface area contributed by atoms with Crippen LogP contribution >= 0.6 is 0 Å². The van der Waals surface area contributed by atoms with Gasteiger partial charge in [-0.1, -0.05) is 32.6 Å². The summed E-state index contributed by atoms with van der Waals surface area (Å²) in [5.74, 6) is 0. The van der Waals surface area contributed by atoms with Crippen molar-refractivity contribution < 1.29 is 4.74 Å². The monoisotopic (exact) mass is 159 g/mol. The lowest BCUT2D eigenvalue weighted by atomic mass is 10.1. The summed E-state index contributed by atoms with van der Waals surface area (Å²) in [7, 11) is 1.66. The maximum absolute atomic E-state index is 5.57. The van der Waals surface area contributed by atoms with Crippen LogP contribution in [0.3, 0.4) is 0 Å². The molecule has 0 aromatic carbocycles. The minimum Gasteiger partial charge on any atom is -0.367 e. The predicted octanol–water partition coefficient (Wildman–Crippen LogP) is 2.28. The van der Waals surface area contributed by atoms with Gasteiger partial charge in [0.05, 0.1) is 0 Å². The van der Waals surface area contributed by atoms with Crippen molar-refractivity contribution in [2.24, 2.45) is 5.73 Å². The highest BCUT2D eigenvalue weighted by Gasteiger charge is 1.97. The average molecular weight is 159 g/mol. The Morgan fingerprint density at radius 3 is 2.36 bits per heavy atom. The van der Waals surface area contributed by atoms with E-state index in [4.69, 9.17) is 10.5 Å². The molecule has 1 atom stereocenters. The summed E-state index contributed by atoms with van der Waals surface area (Å²) >= 11 is 0. The number of ether oxygens (including phenoxy) is 1. The SMILES string of the molecule is CCCCCCC[C@@H](N)OC. The molecule has 11 heavy (non-hydrogen) atoms. The molecule has 0 unspecified atom stereocenters. The number of rotatable bonds is 7. The molecule has 2 nitrogen and oxygen atoms in total. The third kappa shape index (κ3) is 7.82. The Labute approximate surface area is 70.1 Å². The molecule has 0 aromatic rings. The van der Waals surface area contributed by atoms with Crippen LogP contribution in [0.15, 0.2) is 0 Å². The van der Waals surface area contributed by atoms with Gasteiger partial charge in [0.15, 0.2) is 0 Å². The van der Waals surface area contributed by atoms with E-state index in [0.717, 1.165) is 6.42 Å². The molecule has 68 valence electrons. The Bertz CT molecular complexity index is 76.0. The van der Waals surface area contributed by atoms with Gasteiger partial charge in [-0.25, -0.2) is 0 Å². The van der Waals surface area contributed by atoms with Gasteiger partial charge in [-0.2, -0.15) is 0 Å². The third-order valence-electron chi connectivity index (χ3n) is 1.89. The van der Waals surface area contributed by atoms with Crippen LogP contribution in [-0.2, 0) is 4.74 Å². The second-order valence-corrected chi connectivity index (χ2v) is 2.98. The lowest BCUT2D eigenvalue weighted by molar-refractivity contribution is 0.0983. The highest BCUT2D eigenvalue weighted by molar-refractivity contribution is 4.48. The predicted molar refractivity (Wildman–Crippen MR) is 48.4 cm³/mol. The first-order valence-corrected chi connectivity index (χ1v) is 4.59. The highest BCUT2D eigenvalue weighted by atomic mass is 16.5. The number of nitrogens with two attached hydrogens (primary N) is 1. The van der Waals surface area contributed by atoms with Crippen molar-refractivity contribution in [3.8, 4) is 0 Å². The zero-order valence-electron chi connectivity index (χ0n) is 7.81. The maximum atomic E-state index is 5.57. The van der Waals surface area contributed by atoms with Gasteiger partial charge in [0.2, 0.25) is 0 Å². The van der Waals surface area contributed by atoms with E-state index in [2.05, 4.69) is 6.92 Å². The molecule has 0 amide bonds. The zero-order chi connectivity index (χ0) is 8.53. The van der Waals surface area contributed by atoms with Crippen molar-refractivity contribution in [3.63, 3.8) is 0 Å². The Hall–Kier alpha value is -0.0800. The molecule has 0 saturated heterocycles. The lowest BCUT2D eigenvalue weighted by Gasteiger charge is -2.07. The van der Waals surface area contributed by atoms with Crippen molar-refractivity contribution in [1.29, 1.82) is 0 Å². The number of hydrogen-bond donors (Lipinski definition) is 1. The Kier molecular flexibility index (Phi) is 7.96. The van der Waals surface area contributed by atoms with Crippen molar-refractivity contribution >= 4 is 0 Å². The van der Waals surface area contributed by atoms with Gasteiger partial charge >= 0.3 is 0 Å². The second kappa shape index (κ2) is 8.02.